The SMILES string of the molecule is Cc1csc(=O)n1CCC(=O)N1CCCC1c1nc2ccccc2s1. The second-order valence-electron chi connectivity index (χ2n) is 6.31. The largest absolute Gasteiger partial charge is 0.333 e. The third kappa shape index (κ3) is 3.14. The minimum absolute atomic E-state index is 0.00875. The molecule has 1 fully saturated rings. The first-order valence-electron chi connectivity index (χ1n) is 8.43. The summed E-state index contributed by atoms with van der Waals surface area (Å²) in [6, 6.07) is 8.17. The number of carbonyl (C=O) groups is 1. The molecule has 1 aliphatic heterocycles. The quantitative estimate of drug-likeness (QED) is 0.702. The van der Waals surface area contributed by atoms with Crippen LogP contribution < -0.4 is 4.87 Å². The standard InChI is InChI=1S/C18H19N3O2S2/c1-12-11-24-18(23)20(12)10-8-16(22)21-9-4-6-14(21)17-19-13-5-2-3-7-15(13)25-17/h2-3,5,7,11,14H,4,6,8-10H2,1H3. The minimum Gasteiger partial charge on any atom is -0.333 e. The molecule has 130 valence electrons. The first kappa shape index (κ1) is 16.5. The molecule has 0 saturated carbocycles. The highest BCUT2D eigenvalue weighted by Gasteiger charge is 2.32. The van der Waals surface area contributed by atoms with Crippen molar-refractivity contribution in [1.82, 2.24) is 14.5 Å². The Morgan fingerprint density at radius 3 is 2.96 bits per heavy atom. The van der Waals surface area contributed by atoms with Gasteiger partial charge in [0.05, 0.1) is 16.3 Å². The number of fused-ring (bicyclic) bond motifs is 1. The lowest BCUT2D eigenvalue weighted by atomic mass is 10.2. The first-order valence-corrected chi connectivity index (χ1v) is 10.1. The van der Waals surface area contributed by atoms with Gasteiger partial charge in [0.2, 0.25) is 5.91 Å². The second-order valence-corrected chi connectivity index (χ2v) is 8.19. The highest BCUT2D eigenvalue weighted by molar-refractivity contribution is 7.18. The summed E-state index contributed by atoms with van der Waals surface area (Å²) in [6.07, 6.45) is 2.33. The lowest BCUT2D eigenvalue weighted by Crippen LogP contribution is -2.32. The van der Waals surface area contributed by atoms with Gasteiger partial charge in [-0.05, 0) is 31.9 Å². The van der Waals surface area contributed by atoms with Gasteiger partial charge in [0, 0.05) is 30.6 Å². The zero-order valence-electron chi connectivity index (χ0n) is 14.0. The number of carbonyl (C=O) groups excluding carboxylic acids is 1. The van der Waals surface area contributed by atoms with Crippen LogP contribution in [0.5, 0.6) is 0 Å². The maximum absolute atomic E-state index is 12.8. The van der Waals surface area contributed by atoms with E-state index in [2.05, 4.69) is 6.07 Å². The molecule has 5 nitrogen and oxygen atoms in total. The van der Waals surface area contributed by atoms with Crippen molar-refractivity contribution in [2.75, 3.05) is 6.54 Å². The lowest BCUT2D eigenvalue weighted by Gasteiger charge is -2.23. The van der Waals surface area contributed by atoms with E-state index in [0.717, 1.165) is 40.3 Å². The molecule has 1 aliphatic rings. The fourth-order valence-electron chi connectivity index (χ4n) is 3.38. The van der Waals surface area contributed by atoms with Gasteiger partial charge in [-0.2, -0.15) is 0 Å². The number of nitrogens with zero attached hydrogens (tertiary/aromatic N) is 3. The number of benzene rings is 1. The molecule has 0 spiro atoms. The van der Waals surface area contributed by atoms with Gasteiger partial charge in [0.15, 0.2) is 0 Å². The molecule has 1 aromatic carbocycles. The van der Waals surface area contributed by atoms with Crippen molar-refractivity contribution in [3.8, 4) is 0 Å². The molecule has 0 aliphatic carbocycles. The molecule has 1 unspecified atom stereocenters. The number of aromatic nitrogens is 2. The summed E-state index contributed by atoms with van der Waals surface area (Å²) in [4.78, 5) is 31.3. The predicted molar refractivity (Wildman–Crippen MR) is 101 cm³/mol. The van der Waals surface area contributed by atoms with Gasteiger partial charge >= 0.3 is 4.87 Å². The number of thiazole rings is 2. The molecule has 0 radical (unpaired) electrons. The highest BCUT2D eigenvalue weighted by Crippen LogP contribution is 2.36. The van der Waals surface area contributed by atoms with E-state index in [1.54, 1.807) is 15.9 Å². The van der Waals surface area contributed by atoms with Crippen molar-refractivity contribution in [1.29, 1.82) is 0 Å². The van der Waals surface area contributed by atoms with Crippen molar-refractivity contribution in [3.05, 3.63) is 50.0 Å². The van der Waals surface area contributed by atoms with Crippen molar-refractivity contribution in [3.63, 3.8) is 0 Å². The molecule has 25 heavy (non-hydrogen) atoms. The molecule has 7 heteroatoms. The van der Waals surface area contributed by atoms with Gasteiger partial charge in [-0.25, -0.2) is 4.98 Å². The maximum Gasteiger partial charge on any atom is 0.307 e. The number of aryl methyl sites for hydroxylation is 1. The third-order valence-electron chi connectivity index (χ3n) is 4.69. The molecular weight excluding hydrogens is 354 g/mol. The van der Waals surface area contributed by atoms with Crippen LogP contribution in [0, 0.1) is 6.92 Å². The molecule has 2 aromatic heterocycles. The van der Waals surface area contributed by atoms with Crippen molar-refractivity contribution in [2.45, 2.75) is 38.8 Å². The summed E-state index contributed by atoms with van der Waals surface area (Å²) >= 11 is 2.87. The van der Waals surface area contributed by atoms with Crippen LogP contribution in [0.1, 0.15) is 36.0 Å². The fraction of sp³-hybridized carbons (Fsp3) is 0.389. The lowest BCUT2D eigenvalue weighted by molar-refractivity contribution is -0.132. The van der Waals surface area contributed by atoms with Crippen LogP contribution in [0.3, 0.4) is 0 Å². The van der Waals surface area contributed by atoms with Gasteiger partial charge < -0.3 is 9.47 Å². The Morgan fingerprint density at radius 2 is 2.20 bits per heavy atom. The zero-order chi connectivity index (χ0) is 17.4. The molecule has 0 bridgehead atoms. The fourth-order valence-corrected chi connectivity index (χ4v) is 5.26. The van der Waals surface area contributed by atoms with Crippen LogP contribution in [-0.4, -0.2) is 26.9 Å². The van der Waals surface area contributed by atoms with E-state index in [1.165, 1.54) is 11.3 Å². The summed E-state index contributed by atoms with van der Waals surface area (Å²) in [5.41, 5.74) is 1.93. The van der Waals surface area contributed by atoms with Gasteiger partial charge in [0.25, 0.3) is 0 Å². The Bertz CT molecular complexity index is 939. The van der Waals surface area contributed by atoms with E-state index in [-0.39, 0.29) is 16.8 Å². The van der Waals surface area contributed by atoms with Crippen LogP contribution in [-0.2, 0) is 11.3 Å². The number of hydrogen-bond acceptors (Lipinski definition) is 5. The first-order chi connectivity index (χ1) is 12.1. The summed E-state index contributed by atoms with van der Waals surface area (Å²) < 4.78 is 2.85. The number of hydrogen-bond donors (Lipinski definition) is 0. The number of rotatable bonds is 4. The van der Waals surface area contributed by atoms with Gasteiger partial charge in [-0.15, -0.1) is 11.3 Å². The van der Waals surface area contributed by atoms with E-state index in [1.807, 2.05) is 35.4 Å². The Kier molecular flexibility index (Phi) is 4.43. The topological polar surface area (TPSA) is 55.2 Å². The second kappa shape index (κ2) is 6.72. The normalized spacial score (nSPS) is 17.5. The van der Waals surface area contributed by atoms with E-state index in [0.29, 0.717) is 13.0 Å². The molecule has 1 amide bonds. The number of para-hydroxylation sites is 1. The van der Waals surface area contributed by atoms with Crippen LogP contribution in [0.25, 0.3) is 10.2 Å². The Balaban J connectivity index is 1.50. The monoisotopic (exact) mass is 373 g/mol. The van der Waals surface area contributed by atoms with Gasteiger partial charge in [0.1, 0.15) is 5.01 Å². The van der Waals surface area contributed by atoms with Crippen molar-refractivity contribution >= 4 is 38.8 Å². The van der Waals surface area contributed by atoms with Gasteiger partial charge in [-0.1, -0.05) is 23.5 Å². The summed E-state index contributed by atoms with van der Waals surface area (Å²) in [7, 11) is 0. The maximum atomic E-state index is 12.8. The summed E-state index contributed by atoms with van der Waals surface area (Å²) in [6.45, 7) is 3.13. The van der Waals surface area contributed by atoms with E-state index < -0.39 is 0 Å². The molecule has 0 N–H and O–H groups in total. The smallest absolute Gasteiger partial charge is 0.307 e. The highest BCUT2D eigenvalue weighted by atomic mass is 32.1. The van der Waals surface area contributed by atoms with Gasteiger partial charge in [-0.3, -0.25) is 9.59 Å². The molecule has 1 atom stereocenters. The van der Waals surface area contributed by atoms with Crippen molar-refractivity contribution in [2.24, 2.45) is 0 Å². The Hall–Kier alpha value is -1.99. The average molecular weight is 374 g/mol. The van der Waals surface area contributed by atoms with Crippen LogP contribution >= 0.6 is 22.7 Å². The molecule has 3 aromatic rings. The van der Waals surface area contributed by atoms with Crippen molar-refractivity contribution < 1.29 is 4.79 Å². The molecule has 1 saturated heterocycles. The number of amides is 1. The molecular formula is C18H19N3O2S2. The average Bonchev–Trinajstić information content (AvgIpc) is 3.31. The summed E-state index contributed by atoms with van der Waals surface area (Å²) in [5.74, 6) is 0.110. The molecule has 4 rings (SSSR count). The van der Waals surface area contributed by atoms with Crippen LogP contribution in [0.4, 0.5) is 0 Å². The Labute approximate surface area is 153 Å². The van der Waals surface area contributed by atoms with E-state index >= 15 is 0 Å². The van der Waals surface area contributed by atoms with Crippen LogP contribution in [0.2, 0.25) is 0 Å². The third-order valence-corrected chi connectivity index (χ3v) is 6.71. The Morgan fingerprint density at radius 1 is 1.36 bits per heavy atom. The molecule has 3 heterocycles. The predicted octanol–water partition coefficient (Wildman–Crippen LogP) is 3.58. The van der Waals surface area contributed by atoms with E-state index in [4.69, 9.17) is 4.98 Å². The zero-order valence-corrected chi connectivity index (χ0v) is 15.6. The van der Waals surface area contributed by atoms with Crippen LogP contribution in [0.15, 0.2) is 34.4 Å². The minimum atomic E-state index is 0.00875. The van der Waals surface area contributed by atoms with E-state index in [9.17, 15) is 9.59 Å². The summed E-state index contributed by atoms with van der Waals surface area (Å²) in [5, 5.41) is 2.86. The number of likely N-dealkylation sites (tertiary alicyclic amines) is 1.